The Morgan fingerprint density at radius 2 is 1.39 bits per heavy atom. The third-order valence-electron chi connectivity index (χ3n) is 8.04. The minimum Gasteiger partial charge on any atom is -0.341 e. The smallest absolute Gasteiger partial charge is 0.225 e. The summed E-state index contributed by atoms with van der Waals surface area (Å²) in [5, 5.41) is 0. The Morgan fingerprint density at radius 1 is 0.774 bits per heavy atom. The SMILES string of the molecule is O=C(C1CCCC1)N1C[C@H](CN2CCC(c3ccccc3)CC2)[C@@H](c2ccccc2)C1. The summed E-state index contributed by atoms with van der Waals surface area (Å²) in [5.41, 5.74) is 2.91. The second-order valence-electron chi connectivity index (χ2n) is 9.99. The molecular formula is C28H36N2O. The van der Waals surface area contributed by atoms with Crippen LogP contribution >= 0.6 is 0 Å². The maximum absolute atomic E-state index is 13.2. The van der Waals surface area contributed by atoms with Crippen molar-refractivity contribution in [1.82, 2.24) is 9.80 Å². The summed E-state index contributed by atoms with van der Waals surface area (Å²) in [6.45, 7) is 5.32. The highest BCUT2D eigenvalue weighted by atomic mass is 16.2. The average Bonchev–Trinajstić information content (AvgIpc) is 3.51. The average molecular weight is 417 g/mol. The van der Waals surface area contributed by atoms with Gasteiger partial charge in [0.1, 0.15) is 0 Å². The molecule has 2 aliphatic heterocycles. The van der Waals surface area contributed by atoms with Crippen molar-refractivity contribution in [2.75, 3.05) is 32.7 Å². The normalized spacial score (nSPS) is 25.9. The molecule has 164 valence electrons. The Morgan fingerprint density at radius 3 is 2.03 bits per heavy atom. The number of hydrogen-bond donors (Lipinski definition) is 0. The predicted octanol–water partition coefficient (Wildman–Crippen LogP) is 5.30. The summed E-state index contributed by atoms with van der Waals surface area (Å²) in [6.07, 6.45) is 7.15. The molecule has 1 aliphatic carbocycles. The number of carbonyl (C=O) groups excluding carboxylic acids is 1. The molecule has 1 amide bonds. The number of benzene rings is 2. The number of amides is 1. The zero-order chi connectivity index (χ0) is 21.0. The van der Waals surface area contributed by atoms with E-state index in [1.807, 2.05) is 0 Å². The van der Waals surface area contributed by atoms with Crippen molar-refractivity contribution in [2.45, 2.75) is 50.4 Å². The summed E-state index contributed by atoms with van der Waals surface area (Å²) in [4.78, 5) is 18.1. The summed E-state index contributed by atoms with van der Waals surface area (Å²) >= 11 is 0. The molecule has 0 N–H and O–H groups in total. The standard InChI is InChI=1S/C28H36N2O/c31-28(25-13-7-8-14-25)30-20-26(27(21-30)24-11-5-2-6-12-24)19-29-17-15-23(16-18-29)22-9-3-1-4-10-22/h1-6,9-12,23,25-27H,7-8,13-21H2/t26-,27+/m0/s1. The fourth-order valence-electron chi connectivity index (χ4n) is 6.25. The first-order valence-electron chi connectivity index (χ1n) is 12.4. The minimum atomic E-state index is 0.289. The van der Waals surface area contributed by atoms with Gasteiger partial charge in [-0.05, 0) is 61.7 Å². The molecule has 3 fully saturated rings. The van der Waals surface area contributed by atoms with E-state index in [4.69, 9.17) is 0 Å². The second kappa shape index (κ2) is 9.56. The van der Waals surface area contributed by atoms with Gasteiger partial charge in [0.05, 0.1) is 0 Å². The van der Waals surface area contributed by atoms with Crippen molar-refractivity contribution in [3.8, 4) is 0 Å². The molecule has 0 spiro atoms. The maximum atomic E-state index is 13.2. The van der Waals surface area contributed by atoms with Gasteiger partial charge in [-0.3, -0.25) is 4.79 Å². The molecular weight excluding hydrogens is 380 g/mol. The molecule has 2 saturated heterocycles. The Kier molecular flexibility index (Phi) is 6.40. The maximum Gasteiger partial charge on any atom is 0.225 e. The van der Waals surface area contributed by atoms with Gasteiger partial charge in [0.2, 0.25) is 5.91 Å². The third-order valence-corrected chi connectivity index (χ3v) is 8.04. The zero-order valence-electron chi connectivity index (χ0n) is 18.7. The summed E-state index contributed by atoms with van der Waals surface area (Å²) in [5.74, 6) is 2.44. The first-order valence-corrected chi connectivity index (χ1v) is 12.4. The Balaban J connectivity index is 1.24. The van der Waals surface area contributed by atoms with E-state index in [0.29, 0.717) is 23.7 Å². The summed E-state index contributed by atoms with van der Waals surface area (Å²) in [6, 6.07) is 22.0. The number of hydrogen-bond acceptors (Lipinski definition) is 2. The van der Waals surface area contributed by atoms with Gasteiger partial charge in [0.15, 0.2) is 0 Å². The molecule has 2 heterocycles. The van der Waals surface area contributed by atoms with Crippen LogP contribution in [-0.2, 0) is 4.79 Å². The quantitative estimate of drug-likeness (QED) is 0.660. The molecule has 0 aromatic heterocycles. The lowest BCUT2D eigenvalue weighted by atomic mass is 9.86. The fourth-order valence-corrected chi connectivity index (χ4v) is 6.25. The third kappa shape index (κ3) is 4.72. The van der Waals surface area contributed by atoms with Crippen molar-refractivity contribution < 1.29 is 4.79 Å². The van der Waals surface area contributed by atoms with Crippen molar-refractivity contribution in [3.05, 3.63) is 71.8 Å². The Hall–Kier alpha value is -2.13. The molecule has 31 heavy (non-hydrogen) atoms. The Labute approximate surface area is 187 Å². The first kappa shape index (κ1) is 20.8. The second-order valence-corrected chi connectivity index (χ2v) is 9.99. The molecule has 2 atom stereocenters. The van der Waals surface area contributed by atoms with Crippen LogP contribution in [0.2, 0.25) is 0 Å². The van der Waals surface area contributed by atoms with Gasteiger partial charge in [-0.15, -0.1) is 0 Å². The molecule has 0 radical (unpaired) electrons. The van der Waals surface area contributed by atoms with Crippen LogP contribution in [0.25, 0.3) is 0 Å². The fraction of sp³-hybridized carbons (Fsp3) is 0.536. The predicted molar refractivity (Wildman–Crippen MR) is 126 cm³/mol. The minimum absolute atomic E-state index is 0.289. The number of carbonyl (C=O) groups is 1. The van der Waals surface area contributed by atoms with Gasteiger partial charge in [0.25, 0.3) is 0 Å². The lowest BCUT2D eigenvalue weighted by Gasteiger charge is -2.35. The van der Waals surface area contributed by atoms with E-state index in [9.17, 15) is 4.79 Å². The molecule has 5 rings (SSSR count). The topological polar surface area (TPSA) is 23.6 Å². The van der Waals surface area contributed by atoms with Crippen molar-refractivity contribution in [3.63, 3.8) is 0 Å². The van der Waals surface area contributed by atoms with E-state index >= 15 is 0 Å². The molecule has 2 aromatic carbocycles. The highest BCUT2D eigenvalue weighted by Crippen LogP contribution is 2.37. The van der Waals surface area contributed by atoms with Gasteiger partial charge in [-0.25, -0.2) is 0 Å². The number of nitrogens with zero attached hydrogens (tertiary/aromatic N) is 2. The van der Waals surface area contributed by atoms with Crippen LogP contribution in [0.15, 0.2) is 60.7 Å². The van der Waals surface area contributed by atoms with E-state index in [0.717, 1.165) is 32.5 Å². The molecule has 3 nitrogen and oxygen atoms in total. The van der Waals surface area contributed by atoms with Crippen molar-refractivity contribution in [2.24, 2.45) is 11.8 Å². The number of piperidine rings is 1. The van der Waals surface area contributed by atoms with Crippen LogP contribution in [-0.4, -0.2) is 48.4 Å². The lowest BCUT2D eigenvalue weighted by molar-refractivity contribution is -0.134. The van der Waals surface area contributed by atoms with Crippen LogP contribution < -0.4 is 0 Å². The molecule has 3 aliphatic rings. The van der Waals surface area contributed by atoms with Gasteiger partial charge >= 0.3 is 0 Å². The first-order chi connectivity index (χ1) is 15.3. The van der Waals surface area contributed by atoms with Gasteiger partial charge in [-0.1, -0.05) is 73.5 Å². The largest absolute Gasteiger partial charge is 0.341 e. The molecule has 2 aromatic rings. The lowest BCUT2D eigenvalue weighted by Crippen LogP contribution is -2.39. The molecule has 1 saturated carbocycles. The molecule has 0 unspecified atom stereocenters. The van der Waals surface area contributed by atoms with Crippen LogP contribution in [0.5, 0.6) is 0 Å². The van der Waals surface area contributed by atoms with Crippen LogP contribution in [0.1, 0.15) is 61.5 Å². The number of rotatable bonds is 5. The summed E-state index contributed by atoms with van der Waals surface area (Å²) < 4.78 is 0. The van der Waals surface area contributed by atoms with E-state index in [1.165, 1.54) is 49.9 Å². The van der Waals surface area contributed by atoms with Gasteiger partial charge in [-0.2, -0.15) is 0 Å². The van der Waals surface area contributed by atoms with Gasteiger partial charge in [0, 0.05) is 31.5 Å². The molecule has 3 heteroatoms. The highest BCUT2D eigenvalue weighted by Gasteiger charge is 2.39. The van der Waals surface area contributed by atoms with E-state index in [-0.39, 0.29) is 5.92 Å². The van der Waals surface area contributed by atoms with E-state index in [2.05, 4.69) is 70.5 Å². The summed E-state index contributed by atoms with van der Waals surface area (Å²) in [7, 11) is 0. The number of likely N-dealkylation sites (tertiary alicyclic amines) is 2. The van der Waals surface area contributed by atoms with E-state index in [1.54, 1.807) is 0 Å². The highest BCUT2D eigenvalue weighted by molar-refractivity contribution is 5.79. The van der Waals surface area contributed by atoms with Crippen LogP contribution in [0.4, 0.5) is 0 Å². The molecule has 0 bridgehead atoms. The zero-order valence-corrected chi connectivity index (χ0v) is 18.7. The monoisotopic (exact) mass is 416 g/mol. The van der Waals surface area contributed by atoms with Crippen molar-refractivity contribution >= 4 is 5.91 Å². The van der Waals surface area contributed by atoms with E-state index < -0.39 is 0 Å². The Bertz CT molecular complexity index is 838. The van der Waals surface area contributed by atoms with Crippen LogP contribution in [0.3, 0.4) is 0 Å². The van der Waals surface area contributed by atoms with Crippen LogP contribution in [0, 0.1) is 11.8 Å². The van der Waals surface area contributed by atoms with Crippen molar-refractivity contribution in [1.29, 1.82) is 0 Å². The van der Waals surface area contributed by atoms with Gasteiger partial charge < -0.3 is 9.80 Å².